The van der Waals surface area contributed by atoms with Crippen molar-refractivity contribution >= 4 is 17.7 Å². The zero-order valence-corrected chi connectivity index (χ0v) is 9.72. The van der Waals surface area contributed by atoms with Gasteiger partial charge in [-0.3, -0.25) is 9.59 Å². The summed E-state index contributed by atoms with van der Waals surface area (Å²) in [5.41, 5.74) is 4.43. The topological polar surface area (TPSA) is 118 Å². The molecule has 1 aliphatic rings. The van der Waals surface area contributed by atoms with E-state index in [1.807, 2.05) is 0 Å². The third-order valence-electron chi connectivity index (χ3n) is 3.29. The van der Waals surface area contributed by atoms with Gasteiger partial charge >= 0.3 is 5.97 Å². The first-order chi connectivity index (χ1) is 8.55. The Balaban J connectivity index is 2.11. The van der Waals surface area contributed by atoms with E-state index in [1.165, 1.54) is 12.4 Å². The number of carbonyl (C=O) groups excluding carboxylic acids is 1. The summed E-state index contributed by atoms with van der Waals surface area (Å²) < 4.78 is 0. The predicted molar refractivity (Wildman–Crippen MR) is 63.0 cm³/mol. The molecule has 1 saturated carbocycles. The minimum atomic E-state index is -0.828. The first-order valence-electron chi connectivity index (χ1n) is 5.63. The number of carbonyl (C=O) groups is 2. The zero-order valence-electron chi connectivity index (χ0n) is 9.72. The van der Waals surface area contributed by atoms with Crippen molar-refractivity contribution in [1.29, 1.82) is 0 Å². The van der Waals surface area contributed by atoms with Crippen LogP contribution in [0.2, 0.25) is 0 Å². The number of carboxylic acid groups (broad SMARTS) is 1. The Bertz CT molecular complexity index is 485. The summed E-state index contributed by atoms with van der Waals surface area (Å²) in [6, 6.07) is 0. The van der Waals surface area contributed by atoms with Crippen molar-refractivity contribution in [1.82, 2.24) is 9.97 Å². The van der Waals surface area contributed by atoms with E-state index in [9.17, 15) is 14.7 Å². The Labute approximate surface area is 103 Å². The van der Waals surface area contributed by atoms with Crippen LogP contribution in [-0.2, 0) is 4.79 Å². The number of nitrogens with zero attached hydrogens (tertiary/aromatic N) is 2. The fourth-order valence-electron chi connectivity index (χ4n) is 1.97. The average molecular weight is 250 g/mol. The van der Waals surface area contributed by atoms with E-state index >= 15 is 0 Å². The van der Waals surface area contributed by atoms with Crippen LogP contribution < -0.4 is 11.1 Å². The number of hydrogen-bond donors (Lipinski definition) is 3. The van der Waals surface area contributed by atoms with Crippen LogP contribution in [0.25, 0.3) is 0 Å². The van der Waals surface area contributed by atoms with Gasteiger partial charge in [-0.2, -0.15) is 0 Å². The standard InChI is InChI=1S/C11H14N4O3/c12-8(16)7-9(14-5-4-13-7)15-6-11(10(17)18)2-1-3-11/h4-5H,1-3,6H2,(H2,12,16)(H,14,15)(H,17,18). The largest absolute Gasteiger partial charge is 0.481 e. The molecule has 1 heterocycles. The van der Waals surface area contributed by atoms with Crippen LogP contribution in [0, 0.1) is 5.41 Å². The van der Waals surface area contributed by atoms with Gasteiger partial charge in [0.1, 0.15) is 0 Å². The van der Waals surface area contributed by atoms with Crippen molar-refractivity contribution in [3.8, 4) is 0 Å². The number of nitrogens with one attached hydrogen (secondary N) is 1. The van der Waals surface area contributed by atoms with Gasteiger partial charge in [-0.1, -0.05) is 6.42 Å². The molecule has 1 amide bonds. The Morgan fingerprint density at radius 3 is 2.56 bits per heavy atom. The number of hydrogen-bond acceptors (Lipinski definition) is 5. The number of anilines is 1. The van der Waals surface area contributed by atoms with E-state index in [4.69, 9.17) is 5.73 Å². The molecular formula is C11H14N4O3. The molecule has 1 aliphatic carbocycles. The summed E-state index contributed by atoms with van der Waals surface area (Å²) in [6.07, 6.45) is 4.94. The zero-order chi connectivity index (χ0) is 13.2. The highest BCUT2D eigenvalue weighted by atomic mass is 16.4. The van der Waals surface area contributed by atoms with Crippen LogP contribution in [0.5, 0.6) is 0 Å². The molecule has 7 heteroatoms. The van der Waals surface area contributed by atoms with Crippen molar-refractivity contribution in [2.75, 3.05) is 11.9 Å². The fraction of sp³-hybridized carbons (Fsp3) is 0.455. The van der Waals surface area contributed by atoms with Gasteiger partial charge in [-0.05, 0) is 12.8 Å². The maximum absolute atomic E-state index is 11.2. The van der Waals surface area contributed by atoms with E-state index in [0.29, 0.717) is 12.8 Å². The molecule has 0 unspecified atom stereocenters. The Morgan fingerprint density at radius 2 is 2.06 bits per heavy atom. The molecule has 0 aliphatic heterocycles. The molecule has 0 aromatic carbocycles. The average Bonchev–Trinajstić information content (AvgIpc) is 2.27. The van der Waals surface area contributed by atoms with Crippen LogP contribution in [0.4, 0.5) is 5.82 Å². The highest BCUT2D eigenvalue weighted by Crippen LogP contribution is 2.41. The molecule has 0 radical (unpaired) electrons. The van der Waals surface area contributed by atoms with E-state index in [1.54, 1.807) is 0 Å². The second kappa shape index (κ2) is 4.59. The lowest BCUT2D eigenvalue weighted by atomic mass is 9.69. The van der Waals surface area contributed by atoms with E-state index < -0.39 is 17.3 Å². The van der Waals surface area contributed by atoms with Crippen LogP contribution >= 0.6 is 0 Å². The minimum Gasteiger partial charge on any atom is -0.481 e. The van der Waals surface area contributed by atoms with E-state index in [-0.39, 0.29) is 18.1 Å². The Hall–Kier alpha value is -2.18. The quantitative estimate of drug-likeness (QED) is 0.689. The van der Waals surface area contributed by atoms with Gasteiger partial charge in [-0.15, -0.1) is 0 Å². The van der Waals surface area contributed by atoms with Crippen molar-refractivity contribution in [3.63, 3.8) is 0 Å². The van der Waals surface area contributed by atoms with Gasteiger partial charge < -0.3 is 16.2 Å². The number of aromatic nitrogens is 2. The number of primary amides is 1. The fourth-order valence-corrected chi connectivity index (χ4v) is 1.97. The molecule has 0 spiro atoms. The highest BCUT2D eigenvalue weighted by Gasteiger charge is 2.44. The minimum absolute atomic E-state index is 0.0253. The number of amides is 1. The van der Waals surface area contributed by atoms with Gasteiger partial charge in [-0.25, -0.2) is 9.97 Å². The SMILES string of the molecule is NC(=O)c1nccnc1NCC1(C(=O)O)CCC1. The molecular weight excluding hydrogens is 236 g/mol. The van der Waals surface area contributed by atoms with Crippen molar-refractivity contribution in [2.24, 2.45) is 11.1 Å². The molecule has 18 heavy (non-hydrogen) atoms. The number of aliphatic carboxylic acids is 1. The highest BCUT2D eigenvalue weighted by molar-refractivity contribution is 5.95. The molecule has 7 nitrogen and oxygen atoms in total. The summed E-state index contributed by atoms with van der Waals surface area (Å²) >= 11 is 0. The number of nitrogens with two attached hydrogens (primary N) is 1. The predicted octanol–water partition coefficient (Wildman–Crippen LogP) is 0.242. The van der Waals surface area contributed by atoms with Crippen LogP contribution in [0.15, 0.2) is 12.4 Å². The molecule has 0 saturated heterocycles. The van der Waals surface area contributed by atoms with Gasteiger partial charge in [0.05, 0.1) is 5.41 Å². The van der Waals surface area contributed by atoms with Crippen molar-refractivity contribution < 1.29 is 14.7 Å². The molecule has 96 valence electrons. The van der Waals surface area contributed by atoms with Gasteiger partial charge in [0, 0.05) is 18.9 Å². The third kappa shape index (κ3) is 2.11. The Morgan fingerprint density at radius 1 is 1.39 bits per heavy atom. The van der Waals surface area contributed by atoms with Crippen molar-refractivity contribution in [3.05, 3.63) is 18.1 Å². The summed E-state index contributed by atoms with van der Waals surface area (Å²) in [5.74, 6) is -1.29. The summed E-state index contributed by atoms with van der Waals surface area (Å²) in [4.78, 5) is 30.1. The first kappa shape index (κ1) is 12.3. The van der Waals surface area contributed by atoms with Gasteiger partial charge in [0.15, 0.2) is 11.5 Å². The van der Waals surface area contributed by atoms with Crippen LogP contribution in [0.1, 0.15) is 29.8 Å². The van der Waals surface area contributed by atoms with Crippen LogP contribution in [-0.4, -0.2) is 33.5 Å². The second-order valence-corrected chi connectivity index (χ2v) is 4.41. The van der Waals surface area contributed by atoms with E-state index in [2.05, 4.69) is 15.3 Å². The normalized spacial score (nSPS) is 16.7. The lowest BCUT2D eigenvalue weighted by molar-refractivity contribution is -0.153. The smallest absolute Gasteiger partial charge is 0.311 e. The molecule has 4 N–H and O–H groups in total. The molecule has 0 bridgehead atoms. The molecule has 1 aromatic rings. The molecule has 2 rings (SSSR count). The van der Waals surface area contributed by atoms with Crippen LogP contribution in [0.3, 0.4) is 0 Å². The molecule has 1 fully saturated rings. The third-order valence-corrected chi connectivity index (χ3v) is 3.29. The summed E-state index contributed by atoms with van der Waals surface area (Å²) in [6.45, 7) is 0.224. The van der Waals surface area contributed by atoms with Crippen molar-refractivity contribution in [2.45, 2.75) is 19.3 Å². The maximum atomic E-state index is 11.2. The lowest BCUT2D eigenvalue weighted by Crippen LogP contribution is -2.44. The van der Waals surface area contributed by atoms with Gasteiger partial charge in [0.25, 0.3) is 5.91 Å². The second-order valence-electron chi connectivity index (χ2n) is 4.41. The van der Waals surface area contributed by atoms with E-state index in [0.717, 1.165) is 6.42 Å². The maximum Gasteiger partial charge on any atom is 0.311 e. The molecule has 1 aromatic heterocycles. The lowest BCUT2D eigenvalue weighted by Gasteiger charge is -2.37. The first-order valence-corrected chi connectivity index (χ1v) is 5.63. The van der Waals surface area contributed by atoms with Gasteiger partial charge in [0.2, 0.25) is 0 Å². The number of rotatable bonds is 5. The number of carboxylic acids is 1. The molecule has 0 atom stereocenters. The Kier molecular flexibility index (Phi) is 3.14. The summed E-state index contributed by atoms with van der Waals surface area (Å²) in [5, 5.41) is 12.0. The monoisotopic (exact) mass is 250 g/mol. The summed E-state index contributed by atoms with van der Waals surface area (Å²) in [7, 11) is 0.